The maximum atomic E-state index is 13.8. The highest BCUT2D eigenvalue weighted by molar-refractivity contribution is 5.96. The van der Waals surface area contributed by atoms with Gasteiger partial charge in [-0.15, -0.1) is 0 Å². The van der Waals surface area contributed by atoms with Crippen molar-refractivity contribution in [2.75, 3.05) is 20.3 Å². The van der Waals surface area contributed by atoms with Gasteiger partial charge in [0.15, 0.2) is 5.88 Å². The number of aryl methyl sites for hydroxylation is 2. The van der Waals surface area contributed by atoms with Crippen LogP contribution in [0.5, 0.6) is 5.88 Å². The Hall–Kier alpha value is -4.65. The lowest BCUT2D eigenvalue weighted by Gasteiger charge is -2.28. The molecular weight excluding hydrogens is 590 g/mol. The van der Waals surface area contributed by atoms with Crippen LogP contribution >= 0.6 is 0 Å². The quantitative estimate of drug-likeness (QED) is 0.148. The first-order valence-electron chi connectivity index (χ1n) is 15.6. The van der Waals surface area contributed by atoms with E-state index in [1.807, 2.05) is 11.3 Å². The molecule has 4 aromatic rings. The summed E-state index contributed by atoms with van der Waals surface area (Å²) in [6.07, 6.45) is 3.02. The fourth-order valence-electron chi connectivity index (χ4n) is 5.57. The maximum absolute atomic E-state index is 13.8. The third-order valence-electron chi connectivity index (χ3n) is 7.97. The van der Waals surface area contributed by atoms with Crippen LogP contribution in [-0.4, -0.2) is 79.4 Å². The molecule has 13 nitrogen and oxygen atoms in total. The van der Waals surface area contributed by atoms with Crippen LogP contribution in [0.15, 0.2) is 30.3 Å². The molecule has 3 N–H and O–H groups in total. The number of hydrazine groups is 1. The summed E-state index contributed by atoms with van der Waals surface area (Å²) in [5, 5.41) is 14.4. The zero-order valence-electron chi connectivity index (χ0n) is 27.3. The van der Waals surface area contributed by atoms with Crippen molar-refractivity contribution >= 4 is 35.1 Å². The maximum Gasteiger partial charge on any atom is 0.407 e. The van der Waals surface area contributed by atoms with Gasteiger partial charge < -0.3 is 24.5 Å². The van der Waals surface area contributed by atoms with E-state index in [0.29, 0.717) is 23.9 Å². The average molecular weight is 634 g/mol. The molecule has 1 unspecified atom stereocenters. The van der Waals surface area contributed by atoms with Gasteiger partial charge in [0.2, 0.25) is 6.41 Å². The van der Waals surface area contributed by atoms with E-state index in [2.05, 4.69) is 40.4 Å². The number of aliphatic hydroxyl groups excluding tert-OH is 1. The first kappa shape index (κ1) is 32.7. The van der Waals surface area contributed by atoms with Crippen molar-refractivity contribution in [1.29, 1.82) is 0 Å². The third kappa shape index (κ3) is 7.09. The molecule has 0 aromatic carbocycles. The summed E-state index contributed by atoms with van der Waals surface area (Å²) >= 11 is 0. The number of carbonyl (C=O) groups excluding carboxylic acids is 3. The normalized spacial score (nSPS) is 13.9. The van der Waals surface area contributed by atoms with Gasteiger partial charge in [-0.2, -0.15) is 0 Å². The summed E-state index contributed by atoms with van der Waals surface area (Å²) in [5.74, 6) is 0.440. The minimum atomic E-state index is -0.737. The lowest BCUT2D eigenvalue weighted by atomic mass is 10.2. The van der Waals surface area contributed by atoms with Crippen molar-refractivity contribution in [2.24, 2.45) is 5.92 Å². The van der Waals surface area contributed by atoms with Crippen molar-refractivity contribution in [3.05, 3.63) is 47.3 Å². The molecule has 246 valence electrons. The SMILES string of the molecule is CCc1ccc2cc(-c3nc4cc(C(=O)N(CC(CCO)NC(=O)OC(C)(C)C)NC=O)cc(OC)n4c3C)n(CC3CC3)c2n1. The van der Waals surface area contributed by atoms with E-state index in [0.717, 1.165) is 51.8 Å². The number of pyridine rings is 2. The van der Waals surface area contributed by atoms with Gasteiger partial charge in [0.1, 0.15) is 22.6 Å². The topological polar surface area (TPSA) is 152 Å². The van der Waals surface area contributed by atoms with Crippen LogP contribution in [0.4, 0.5) is 4.79 Å². The van der Waals surface area contributed by atoms with Crippen LogP contribution in [0.3, 0.4) is 0 Å². The molecule has 1 aliphatic carbocycles. The van der Waals surface area contributed by atoms with Gasteiger partial charge in [0.25, 0.3) is 5.91 Å². The van der Waals surface area contributed by atoms with Gasteiger partial charge in [0, 0.05) is 30.3 Å². The Morgan fingerprint density at radius 3 is 2.59 bits per heavy atom. The van der Waals surface area contributed by atoms with Crippen LogP contribution in [-0.2, 0) is 22.5 Å². The van der Waals surface area contributed by atoms with E-state index >= 15 is 0 Å². The van der Waals surface area contributed by atoms with Crippen LogP contribution in [0.2, 0.25) is 0 Å². The lowest BCUT2D eigenvalue weighted by Crippen LogP contribution is -2.52. The molecule has 1 aliphatic rings. The standard InChI is InChI=1S/C33H43N7O6/c1-7-24-11-10-22-14-26(38(30(22)35-24)17-21-8-9-21)29-20(2)40-27(37-29)15-23(16-28(40)45-6)31(43)39(34-19-42)18-25(12-13-41)36-32(44)46-33(3,4)5/h10-11,14-16,19,21,25,41H,7-9,12-13,17-18H2,1-6H3,(H,34,42)(H,36,44). The van der Waals surface area contributed by atoms with Gasteiger partial charge in [-0.1, -0.05) is 6.92 Å². The van der Waals surface area contributed by atoms with Crippen LogP contribution in [0.1, 0.15) is 68.7 Å². The van der Waals surface area contributed by atoms with Gasteiger partial charge in [-0.3, -0.25) is 19.4 Å². The molecule has 3 amide bonds. The average Bonchev–Trinajstić information content (AvgIpc) is 3.68. The molecule has 4 heterocycles. The minimum Gasteiger partial charge on any atom is -0.482 e. The van der Waals surface area contributed by atoms with Crippen molar-refractivity contribution in [3.8, 4) is 17.3 Å². The zero-order chi connectivity index (χ0) is 33.2. The van der Waals surface area contributed by atoms with E-state index in [1.165, 1.54) is 20.0 Å². The number of alkyl carbamates (subject to hydrolysis) is 1. The van der Waals surface area contributed by atoms with Gasteiger partial charge in [0.05, 0.1) is 36.6 Å². The summed E-state index contributed by atoms with van der Waals surface area (Å²) in [6, 6.07) is 8.80. The molecule has 46 heavy (non-hydrogen) atoms. The monoisotopic (exact) mass is 633 g/mol. The number of nitrogens with zero attached hydrogens (tertiary/aromatic N) is 5. The van der Waals surface area contributed by atoms with Gasteiger partial charge in [-0.05, 0) is 83.6 Å². The molecule has 0 saturated heterocycles. The number of methoxy groups -OCH3 is 1. The number of aliphatic hydroxyl groups is 1. The van der Waals surface area contributed by atoms with E-state index in [4.69, 9.17) is 19.4 Å². The van der Waals surface area contributed by atoms with Gasteiger partial charge >= 0.3 is 6.09 Å². The number of imidazole rings is 1. The highest BCUT2D eigenvalue weighted by Crippen LogP contribution is 2.37. The number of amides is 3. The number of nitrogens with one attached hydrogen (secondary N) is 2. The first-order valence-corrected chi connectivity index (χ1v) is 15.6. The molecule has 0 radical (unpaired) electrons. The second-order valence-corrected chi connectivity index (χ2v) is 12.7. The molecular formula is C33H43N7O6. The molecule has 0 spiro atoms. The molecule has 1 atom stereocenters. The Balaban J connectivity index is 1.51. The Kier molecular flexibility index (Phi) is 9.52. The summed E-state index contributed by atoms with van der Waals surface area (Å²) in [7, 11) is 1.52. The molecule has 0 aliphatic heterocycles. The number of hydrogen-bond donors (Lipinski definition) is 3. The molecule has 0 bridgehead atoms. The number of rotatable bonds is 13. The molecule has 1 saturated carbocycles. The molecule has 5 rings (SSSR count). The zero-order valence-corrected chi connectivity index (χ0v) is 27.3. The van der Waals surface area contributed by atoms with Crippen LogP contribution in [0.25, 0.3) is 28.1 Å². The van der Waals surface area contributed by atoms with Crippen molar-refractivity contribution in [2.45, 2.75) is 78.5 Å². The highest BCUT2D eigenvalue weighted by Gasteiger charge is 2.28. The van der Waals surface area contributed by atoms with E-state index < -0.39 is 23.6 Å². The molecule has 1 fully saturated rings. The summed E-state index contributed by atoms with van der Waals surface area (Å²) < 4.78 is 15.2. The Bertz CT molecular complexity index is 1750. The Morgan fingerprint density at radius 1 is 1.20 bits per heavy atom. The number of ether oxygens (including phenoxy) is 2. The van der Waals surface area contributed by atoms with Crippen molar-refractivity contribution in [1.82, 2.24) is 34.7 Å². The van der Waals surface area contributed by atoms with Crippen LogP contribution < -0.4 is 15.5 Å². The second kappa shape index (κ2) is 13.4. The second-order valence-electron chi connectivity index (χ2n) is 12.7. The van der Waals surface area contributed by atoms with Gasteiger partial charge in [-0.25, -0.2) is 19.8 Å². The summed E-state index contributed by atoms with van der Waals surface area (Å²) in [6.45, 7) is 9.72. The highest BCUT2D eigenvalue weighted by atomic mass is 16.6. The number of carbonyl (C=O) groups is 3. The summed E-state index contributed by atoms with van der Waals surface area (Å²) in [4.78, 5) is 47.8. The predicted octanol–water partition coefficient (Wildman–Crippen LogP) is 4.02. The third-order valence-corrected chi connectivity index (χ3v) is 7.97. The largest absolute Gasteiger partial charge is 0.482 e. The number of fused-ring (bicyclic) bond motifs is 2. The molecule has 4 aromatic heterocycles. The minimum absolute atomic E-state index is 0.123. The lowest BCUT2D eigenvalue weighted by molar-refractivity contribution is -0.113. The van der Waals surface area contributed by atoms with Crippen molar-refractivity contribution in [3.63, 3.8) is 0 Å². The van der Waals surface area contributed by atoms with Crippen molar-refractivity contribution < 1.29 is 29.0 Å². The smallest absolute Gasteiger partial charge is 0.407 e. The number of aromatic nitrogens is 4. The predicted molar refractivity (Wildman–Crippen MR) is 172 cm³/mol. The number of hydrogen-bond acceptors (Lipinski definition) is 8. The van der Waals surface area contributed by atoms with Crippen LogP contribution in [0, 0.1) is 12.8 Å². The Labute approximate surface area is 267 Å². The first-order chi connectivity index (χ1) is 22.0. The van der Waals surface area contributed by atoms with E-state index in [-0.39, 0.29) is 25.1 Å². The van der Waals surface area contributed by atoms with E-state index in [1.54, 1.807) is 32.9 Å². The Morgan fingerprint density at radius 2 is 1.96 bits per heavy atom. The summed E-state index contributed by atoms with van der Waals surface area (Å²) in [5.41, 5.74) is 6.90. The van der Waals surface area contributed by atoms with E-state index in [9.17, 15) is 19.5 Å². The fraction of sp³-hybridized carbons (Fsp3) is 0.485. The molecule has 13 heteroatoms. The fourth-order valence-corrected chi connectivity index (χ4v) is 5.57.